The summed E-state index contributed by atoms with van der Waals surface area (Å²) in [6, 6.07) is 15.5. The molecule has 0 aliphatic rings. The Morgan fingerprint density at radius 1 is 1.29 bits per heavy atom. The van der Waals surface area contributed by atoms with Gasteiger partial charge in [0.2, 0.25) is 5.91 Å². The van der Waals surface area contributed by atoms with Crippen LogP contribution in [0.1, 0.15) is 11.1 Å². The second kappa shape index (κ2) is 6.67. The second-order valence-corrected chi connectivity index (χ2v) is 4.82. The third-order valence-corrected chi connectivity index (χ3v) is 3.20. The molecule has 1 amide bonds. The van der Waals surface area contributed by atoms with E-state index in [1.807, 2.05) is 36.4 Å². The van der Waals surface area contributed by atoms with Gasteiger partial charge in [-0.3, -0.25) is 4.79 Å². The lowest BCUT2D eigenvalue weighted by atomic mass is 9.99. The van der Waals surface area contributed by atoms with E-state index in [-0.39, 0.29) is 11.7 Å². The highest BCUT2D eigenvalue weighted by molar-refractivity contribution is 5.94. The molecular weight excluding hydrogens is 267 g/mol. The maximum Gasteiger partial charge on any atom is 0.242 e. The van der Waals surface area contributed by atoms with Crippen molar-refractivity contribution in [1.29, 1.82) is 5.26 Å². The molecule has 21 heavy (non-hydrogen) atoms. The molecule has 0 heterocycles. The fourth-order valence-electron chi connectivity index (χ4n) is 2.03. The summed E-state index contributed by atoms with van der Waals surface area (Å²) >= 11 is 0. The molecule has 0 aromatic heterocycles. The van der Waals surface area contributed by atoms with Gasteiger partial charge in [-0.25, -0.2) is 4.39 Å². The monoisotopic (exact) mass is 282 g/mol. The van der Waals surface area contributed by atoms with Crippen LogP contribution in [0, 0.1) is 30.0 Å². The normalized spacial score (nSPS) is 11.5. The second-order valence-electron chi connectivity index (χ2n) is 4.82. The summed E-state index contributed by atoms with van der Waals surface area (Å²) in [6.45, 7) is 1.71. The number of carbonyl (C=O) groups excluding carboxylic acids is 1. The lowest BCUT2D eigenvalue weighted by Crippen LogP contribution is -2.23. The Balaban J connectivity index is 2.09. The van der Waals surface area contributed by atoms with Gasteiger partial charge in [-0.15, -0.1) is 0 Å². The zero-order valence-corrected chi connectivity index (χ0v) is 11.6. The highest BCUT2D eigenvalue weighted by Gasteiger charge is 2.19. The molecule has 2 rings (SSSR count). The van der Waals surface area contributed by atoms with Crippen LogP contribution in [-0.4, -0.2) is 5.91 Å². The number of halogens is 1. The summed E-state index contributed by atoms with van der Waals surface area (Å²) in [6.07, 6.45) is 0.351. The lowest BCUT2D eigenvalue weighted by molar-refractivity contribution is -0.118. The predicted octanol–water partition coefficient (Wildman–Crippen LogP) is 3.46. The fraction of sp³-hybridized carbons (Fsp3) is 0.176. The van der Waals surface area contributed by atoms with E-state index in [4.69, 9.17) is 0 Å². The number of aryl methyl sites for hydroxylation is 1. The molecule has 0 spiro atoms. The quantitative estimate of drug-likeness (QED) is 0.933. The highest BCUT2D eigenvalue weighted by atomic mass is 19.1. The molecule has 2 aromatic rings. The van der Waals surface area contributed by atoms with Gasteiger partial charge in [0.05, 0.1) is 6.07 Å². The van der Waals surface area contributed by atoms with Crippen molar-refractivity contribution in [2.45, 2.75) is 13.3 Å². The Hall–Kier alpha value is -2.67. The van der Waals surface area contributed by atoms with Gasteiger partial charge in [-0.05, 0) is 42.7 Å². The molecule has 1 atom stereocenters. The van der Waals surface area contributed by atoms with Gasteiger partial charge < -0.3 is 5.32 Å². The Morgan fingerprint density at radius 3 is 2.62 bits per heavy atom. The number of nitrogens with one attached hydrogen (secondary N) is 1. The van der Waals surface area contributed by atoms with Gasteiger partial charge in [0, 0.05) is 5.69 Å². The van der Waals surface area contributed by atoms with E-state index >= 15 is 0 Å². The van der Waals surface area contributed by atoms with Crippen LogP contribution >= 0.6 is 0 Å². The van der Waals surface area contributed by atoms with Crippen LogP contribution in [0.25, 0.3) is 0 Å². The molecule has 0 aliphatic heterocycles. The van der Waals surface area contributed by atoms with E-state index in [1.165, 1.54) is 18.2 Å². The standard InChI is InChI=1S/C17H15FN2O/c1-12-9-15(18)7-8-16(12)20-17(21)14(11-19)10-13-5-3-2-4-6-13/h2-9,14H,10H2,1H3,(H,20,21). The molecule has 2 aromatic carbocycles. The molecule has 0 fully saturated rings. The topological polar surface area (TPSA) is 52.9 Å². The van der Waals surface area contributed by atoms with Crippen molar-refractivity contribution in [2.75, 3.05) is 5.32 Å². The summed E-state index contributed by atoms with van der Waals surface area (Å²) in [7, 11) is 0. The molecule has 0 saturated heterocycles. The van der Waals surface area contributed by atoms with E-state index in [0.29, 0.717) is 17.7 Å². The SMILES string of the molecule is Cc1cc(F)ccc1NC(=O)C(C#N)Cc1ccccc1. The number of carbonyl (C=O) groups is 1. The third kappa shape index (κ3) is 3.90. The van der Waals surface area contributed by atoms with Crippen LogP contribution in [0.3, 0.4) is 0 Å². The van der Waals surface area contributed by atoms with E-state index in [0.717, 1.165) is 5.56 Å². The highest BCUT2D eigenvalue weighted by Crippen LogP contribution is 2.17. The van der Waals surface area contributed by atoms with Crippen molar-refractivity contribution in [3.8, 4) is 6.07 Å². The Labute approximate surface area is 123 Å². The molecule has 3 nitrogen and oxygen atoms in total. The number of nitrogens with zero attached hydrogens (tertiary/aromatic N) is 1. The molecule has 0 bridgehead atoms. The summed E-state index contributed by atoms with van der Waals surface area (Å²) in [5.41, 5.74) is 2.07. The Morgan fingerprint density at radius 2 is 2.00 bits per heavy atom. The maximum absolute atomic E-state index is 13.0. The molecule has 1 unspecified atom stereocenters. The van der Waals surface area contributed by atoms with Crippen LogP contribution in [0.2, 0.25) is 0 Å². The Kier molecular flexibility index (Phi) is 4.68. The van der Waals surface area contributed by atoms with Crippen molar-refractivity contribution < 1.29 is 9.18 Å². The number of benzene rings is 2. The fourth-order valence-corrected chi connectivity index (χ4v) is 2.03. The minimum Gasteiger partial charge on any atom is -0.325 e. The molecule has 0 radical (unpaired) electrons. The molecule has 0 saturated carbocycles. The average Bonchev–Trinajstić information content (AvgIpc) is 2.48. The molecule has 4 heteroatoms. The van der Waals surface area contributed by atoms with Crippen molar-refractivity contribution in [3.05, 3.63) is 65.5 Å². The van der Waals surface area contributed by atoms with E-state index in [9.17, 15) is 14.4 Å². The summed E-state index contributed by atoms with van der Waals surface area (Å²) in [5.74, 6) is -1.51. The van der Waals surface area contributed by atoms with Gasteiger partial charge in [0.25, 0.3) is 0 Å². The van der Waals surface area contributed by atoms with Gasteiger partial charge >= 0.3 is 0 Å². The summed E-state index contributed by atoms with van der Waals surface area (Å²) < 4.78 is 13.0. The summed E-state index contributed by atoms with van der Waals surface area (Å²) in [5, 5.41) is 11.9. The van der Waals surface area contributed by atoms with Crippen molar-refractivity contribution >= 4 is 11.6 Å². The number of anilines is 1. The summed E-state index contributed by atoms with van der Waals surface area (Å²) in [4.78, 5) is 12.2. The van der Waals surface area contributed by atoms with Gasteiger partial charge in [0.15, 0.2) is 0 Å². The zero-order valence-electron chi connectivity index (χ0n) is 11.6. The molecular formula is C17H15FN2O. The van der Waals surface area contributed by atoms with Crippen LogP contribution < -0.4 is 5.32 Å². The first kappa shape index (κ1) is 14.7. The molecule has 0 aliphatic carbocycles. The van der Waals surface area contributed by atoms with Gasteiger partial charge in [-0.1, -0.05) is 30.3 Å². The minimum atomic E-state index is -0.781. The first-order valence-electron chi connectivity index (χ1n) is 6.60. The van der Waals surface area contributed by atoms with Crippen LogP contribution in [0.4, 0.5) is 10.1 Å². The van der Waals surface area contributed by atoms with Crippen LogP contribution in [0.15, 0.2) is 48.5 Å². The third-order valence-electron chi connectivity index (χ3n) is 3.20. The zero-order chi connectivity index (χ0) is 15.2. The largest absolute Gasteiger partial charge is 0.325 e. The van der Waals surface area contributed by atoms with E-state index in [1.54, 1.807) is 6.92 Å². The lowest BCUT2D eigenvalue weighted by Gasteiger charge is -2.12. The predicted molar refractivity (Wildman–Crippen MR) is 79.0 cm³/mol. The first-order valence-corrected chi connectivity index (χ1v) is 6.60. The number of hydrogen-bond acceptors (Lipinski definition) is 2. The van der Waals surface area contributed by atoms with Crippen LogP contribution in [0.5, 0.6) is 0 Å². The number of nitriles is 1. The van der Waals surface area contributed by atoms with Crippen LogP contribution in [-0.2, 0) is 11.2 Å². The van der Waals surface area contributed by atoms with Gasteiger partial charge in [-0.2, -0.15) is 5.26 Å². The van der Waals surface area contributed by atoms with Crippen molar-refractivity contribution in [3.63, 3.8) is 0 Å². The number of rotatable bonds is 4. The van der Waals surface area contributed by atoms with E-state index in [2.05, 4.69) is 5.32 Å². The van der Waals surface area contributed by atoms with Crippen molar-refractivity contribution in [2.24, 2.45) is 5.92 Å². The Bertz CT molecular complexity index is 677. The number of amides is 1. The minimum absolute atomic E-state index is 0.351. The molecule has 1 N–H and O–H groups in total. The maximum atomic E-state index is 13.0. The molecule has 106 valence electrons. The van der Waals surface area contributed by atoms with Gasteiger partial charge in [0.1, 0.15) is 11.7 Å². The van der Waals surface area contributed by atoms with Crippen molar-refractivity contribution in [1.82, 2.24) is 0 Å². The number of hydrogen-bond donors (Lipinski definition) is 1. The smallest absolute Gasteiger partial charge is 0.242 e. The van der Waals surface area contributed by atoms with E-state index < -0.39 is 5.92 Å². The first-order chi connectivity index (χ1) is 10.1. The average molecular weight is 282 g/mol.